The van der Waals surface area contributed by atoms with Crippen molar-refractivity contribution in [3.05, 3.63) is 50.7 Å². The highest BCUT2D eigenvalue weighted by atomic mass is 79.9. The van der Waals surface area contributed by atoms with Gasteiger partial charge in [0.1, 0.15) is 0 Å². The zero-order valence-electron chi connectivity index (χ0n) is 11.8. The number of hydrogen-bond acceptors (Lipinski definition) is 2. The number of benzene rings is 1. The Morgan fingerprint density at radius 2 is 2.05 bits per heavy atom. The summed E-state index contributed by atoms with van der Waals surface area (Å²) in [5.41, 5.74) is 2.25. The van der Waals surface area contributed by atoms with Crippen molar-refractivity contribution >= 4 is 33.5 Å². The molecule has 1 unspecified atom stereocenters. The van der Waals surface area contributed by atoms with Crippen LogP contribution in [-0.4, -0.2) is 20.9 Å². The molecule has 0 radical (unpaired) electrons. The fourth-order valence-electron chi connectivity index (χ4n) is 2.30. The van der Waals surface area contributed by atoms with Crippen LogP contribution in [0.25, 0.3) is 0 Å². The fourth-order valence-corrected chi connectivity index (χ4v) is 2.78. The summed E-state index contributed by atoms with van der Waals surface area (Å²) in [5.74, 6) is -1.51. The number of carboxylic acids is 1. The van der Waals surface area contributed by atoms with Gasteiger partial charge in [-0.3, -0.25) is 9.48 Å². The second kappa shape index (κ2) is 6.62. The van der Waals surface area contributed by atoms with Crippen LogP contribution in [-0.2, 0) is 17.8 Å². The molecule has 1 atom stereocenters. The molecule has 1 aromatic heterocycles. The summed E-state index contributed by atoms with van der Waals surface area (Å²) >= 11 is 9.62. The van der Waals surface area contributed by atoms with Gasteiger partial charge in [0.05, 0.1) is 22.3 Å². The minimum atomic E-state index is -0.866. The summed E-state index contributed by atoms with van der Waals surface area (Å²) in [6.45, 7) is 4.45. The Morgan fingerprint density at radius 3 is 2.57 bits per heavy atom. The van der Waals surface area contributed by atoms with Crippen molar-refractivity contribution in [2.45, 2.75) is 32.7 Å². The molecule has 0 aliphatic carbocycles. The normalized spacial score (nSPS) is 12.4. The van der Waals surface area contributed by atoms with Crippen molar-refractivity contribution in [1.82, 2.24) is 9.78 Å². The first-order valence-corrected chi connectivity index (χ1v) is 7.81. The molecular formula is C15H16BrClN2O2. The third-order valence-electron chi connectivity index (χ3n) is 3.42. The number of aryl methyl sites for hydroxylation is 2. The van der Waals surface area contributed by atoms with Gasteiger partial charge in [0, 0.05) is 17.4 Å². The van der Waals surface area contributed by atoms with E-state index in [2.05, 4.69) is 21.0 Å². The first-order valence-electron chi connectivity index (χ1n) is 6.64. The van der Waals surface area contributed by atoms with Crippen LogP contribution in [0.3, 0.4) is 0 Å². The van der Waals surface area contributed by atoms with Gasteiger partial charge in [-0.25, -0.2) is 0 Å². The standard InChI is InChI=1S/C15H16BrClN2O2/c1-3-19-13(14(17)9(2)18-19)8-12(15(20)21)10-4-6-11(16)7-5-10/h4-7,12H,3,8H2,1-2H3,(H,20,21). The Balaban J connectivity index is 2.37. The molecule has 6 heteroatoms. The monoisotopic (exact) mass is 370 g/mol. The van der Waals surface area contributed by atoms with E-state index in [4.69, 9.17) is 11.6 Å². The molecule has 0 amide bonds. The molecule has 4 nitrogen and oxygen atoms in total. The number of hydrogen-bond donors (Lipinski definition) is 1. The predicted molar refractivity (Wildman–Crippen MR) is 85.9 cm³/mol. The predicted octanol–water partition coefficient (Wildman–Crippen LogP) is 4.04. The Hall–Kier alpha value is -1.33. The number of rotatable bonds is 5. The van der Waals surface area contributed by atoms with Crippen molar-refractivity contribution in [3.8, 4) is 0 Å². The first kappa shape index (κ1) is 16.0. The summed E-state index contributed by atoms with van der Waals surface area (Å²) in [5, 5.41) is 14.4. The van der Waals surface area contributed by atoms with Gasteiger partial charge in [0.25, 0.3) is 0 Å². The van der Waals surface area contributed by atoms with Gasteiger partial charge in [0.2, 0.25) is 0 Å². The van der Waals surface area contributed by atoms with Gasteiger partial charge in [-0.1, -0.05) is 39.7 Å². The Morgan fingerprint density at radius 1 is 1.43 bits per heavy atom. The number of aromatic nitrogens is 2. The third-order valence-corrected chi connectivity index (χ3v) is 4.44. The largest absolute Gasteiger partial charge is 0.481 e. The molecule has 21 heavy (non-hydrogen) atoms. The van der Waals surface area contributed by atoms with Crippen LogP contribution >= 0.6 is 27.5 Å². The maximum atomic E-state index is 11.6. The summed E-state index contributed by atoms with van der Waals surface area (Å²) < 4.78 is 2.69. The highest BCUT2D eigenvalue weighted by Gasteiger charge is 2.24. The number of nitrogens with zero attached hydrogens (tertiary/aromatic N) is 2. The third kappa shape index (κ3) is 3.47. The molecule has 0 saturated carbocycles. The summed E-state index contributed by atoms with van der Waals surface area (Å²) in [7, 11) is 0. The maximum absolute atomic E-state index is 11.6. The molecule has 0 saturated heterocycles. The molecule has 1 aromatic carbocycles. The van der Waals surface area contributed by atoms with Gasteiger partial charge >= 0.3 is 5.97 Å². The lowest BCUT2D eigenvalue weighted by Crippen LogP contribution is -2.17. The van der Waals surface area contributed by atoms with Crippen molar-refractivity contribution in [2.75, 3.05) is 0 Å². The van der Waals surface area contributed by atoms with E-state index in [1.54, 1.807) is 4.68 Å². The van der Waals surface area contributed by atoms with Crippen LogP contribution in [0.5, 0.6) is 0 Å². The first-order chi connectivity index (χ1) is 9.93. The van der Waals surface area contributed by atoms with E-state index in [0.717, 1.165) is 21.4 Å². The summed E-state index contributed by atoms with van der Waals surface area (Å²) in [4.78, 5) is 11.6. The summed E-state index contributed by atoms with van der Waals surface area (Å²) in [6.07, 6.45) is 0.324. The average molecular weight is 372 g/mol. The smallest absolute Gasteiger partial charge is 0.311 e. The number of carboxylic acid groups (broad SMARTS) is 1. The number of halogens is 2. The van der Waals surface area contributed by atoms with E-state index in [1.807, 2.05) is 38.1 Å². The van der Waals surface area contributed by atoms with E-state index in [9.17, 15) is 9.90 Å². The van der Waals surface area contributed by atoms with Crippen LogP contribution in [0.4, 0.5) is 0 Å². The second-order valence-corrected chi connectivity index (χ2v) is 6.10. The molecule has 2 aromatic rings. The van der Waals surface area contributed by atoms with E-state index in [1.165, 1.54) is 0 Å². The lowest BCUT2D eigenvalue weighted by Gasteiger charge is -2.14. The zero-order chi connectivity index (χ0) is 15.6. The molecular weight excluding hydrogens is 356 g/mol. The van der Waals surface area contributed by atoms with E-state index in [-0.39, 0.29) is 0 Å². The molecule has 0 spiro atoms. The minimum absolute atomic E-state index is 0.324. The Bertz CT molecular complexity index is 652. The van der Waals surface area contributed by atoms with Gasteiger partial charge in [-0.15, -0.1) is 0 Å². The molecule has 1 N–H and O–H groups in total. The average Bonchev–Trinajstić information content (AvgIpc) is 2.72. The zero-order valence-corrected chi connectivity index (χ0v) is 14.1. The lowest BCUT2D eigenvalue weighted by atomic mass is 9.94. The van der Waals surface area contributed by atoms with Gasteiger partial charge in [-0.05, 0) is 31.5 Å². The fraction of sp³-hybridized carbons (Fsp3) is 0.333. The number of aliphatic carboxylic acids is 1. The van der Waals surface area contributed by atoms with Gasteiger partial charge in [0.15, 0.2) is 0 Å². The summed E-state index contributed by atoms with van der Waals surface area (Å²) in [6, 6.07) is 7.32. The van der Waals surface area contributed by atoms with E-state index in [0.29, 0.717) is 18.0 Å². The Labute approximate surface area is 136 Å². The molecule has 0 aliphatic heterocycles. The van der Waals surface area contributed by atoms with Gasteiger partial charge in [-0.2, -0.15) is 5.10 Å². The quantitative estimate of drug-likeness (QED) is 0.863. The van der Waals surface area contributed by atoms with Crippen LogP contribution in [0, 0.1) is 6.92 Å². The molecule has 1 heterocycles. The van der Waals surface area contributed by atoms with Crippen molar-refractivity contribution in [3.63, 3.8) is 0 Å². The van der Waals surface area contributed by atoms with Gasteiger partial charge < -0.3 is 5.11 Å². The van der Waals surface area contributed by atoms with Crippen molar-refractivity contribution < 1.29 is 9.90 Å². The molecule has 0 bridgehead atoms. The van der Waals surface area contributed by atoms with Crippen molar-refractivity contribution in [1.29, 1.82) is 0 Å². The highest BCUT2D eigenvalue weighted by molar-refractivity contribution is 9.10. The van der Waals surface area contributed by atoms with Crippen molar-refractivity contribution in [2.24, 2.45) is 0 Å². The molecule has 2 rings (SSSR count). The molecule has 0 fully saturated rings. The second-order valence-electron chi connectivity index (χ2n) is 4.81. The van der Waals surface area contributed by atoms with Crippen LogP contribution in [0.1, 0.15) is 29.8 Å². The van der Waals surface area contributed by atoms with Crippen LogP contribution in [0.2, 0.25) is 5.02 Å². The topological polar surface area (TPSA) is 55.1 Å². The highest BCUT2D eigenvalue weighted by Crippen LogP contribution is 2.28. The number of carbonyl (C=O) groups is 1. The van der Waals surface area contributed by atoms with E-state index < -0.39 is 11.9 Å². The minimum Gasteiger partial charge on any atom is -0.481 e. The van der Waals surface area contributed by atoms with Crippen LogP contribution < -0.4 is 0 Å². The Kier molecular flexibility index (Phi) is 5.06. The van der Waals surface area contributed by atoms with Crippen LogP contribution in [0.15, 0.2) is 28.7 Å². The van der Waals surface area contributed by atoms with E-state index >= 15 is 0 Å². The molecule has 112 valence electrons. The maximum Gasteiger partial charge on any atom is 0.311 e. The molecule has 0 aliphatic rings. The SMILES string of the molecule is CCn1nc(C)c(Cl)c1CC(C(=O)O)c1ccc(Br)cc1. The lowest BCUT2D eigenvalue weighted by molar-refractivity contribution is -0.138.